The summed E-state index contributed by atoms with van der Waals surface area (Å²) in [6, 6.07) is 6.19. The lowest BCUT2D eigenvalue weighted by Crippen LogP contribution is -1.97. The molecule has 1 aliphatic rings. The lowest BCUT2D eigenvalue weighted by Gasteiger charge is -2.13. The van der Waals surface area contributed by atoms with Crippen LogP contribution in [0.5, 0.6) is 5.75 Å². The molecule has 1 nitrogen and oxygen atoms in total. The van der Waals surface area contributed by atoms with Crippen molar-refractivity contribution >= 4 is 6.08 Å². The van der Waals surface area contributed by atoms with Gasteiger partial charge in [0.1, 0.15) is 5.75 Å². The fourth-order valence-corrected chi connectivity index (χ4v) is 1.64. The minimum absolute atomic E-state index is 1.02. The molecule has 1 aromatic carbocycles. The van der Waals surface area contributed by atoms with Crippen LogP contribution in [0, 0.1) is 0 Å². The van der Waals surface area contributed by atoms with Crippen molar-refractivity contribution in [3.63, 3.8) is 0 Å². The van der Waals surface area contributed by atoms with Crippen LogP contribution >= 0.6 is 0 Å². The average molecular weight is 160 g/mol. The highest BCUT2D eigenvalue weighted by molar-refractivity contribution is 5.60. The topological polar surface area (TPSA) is 9.23 Å². The molecule has 1 aromatic rings. The minimum Gasteiger partial charge on any atom is -0.496 e. The second-order valence-corrected chi connectivity index (χ2v) is 2.97. The summed E-state index contributed by atoms with van der Waals surface area (Å²) in [7, 11) is 1.73. The van der Waals surface area contributed by atoms with Gasteiger partial charge in [0.15, 0.2) is 0 Å². The first-order valence-electron chi connectivity index (χ1n) is 4.24. The molecule has 0 N–H and O–H groups in total. The van der Waals surface area contributed by atoms with Gasteiger partial charge in [0.2, 0.25) is 0 Å². The van der Waals surface area contributed by atoms with Crippen LogP contribution in [0.25, 0.3) is 6.08 Å². The molecule has 1 aliphatic carbocycles. The summed E-state index contributed by atoms with van der Waals surface area (Å²) in [5.74, 6) is 1.02. The summed E-state index contributed by atoms with van der Waals surface area (Å²) in [4.78, 5) is 0. The third kappa shape index (κ3) is 1.11. The summed E-state index contributed by atoms with van der Waals surface area (Å²) >= 11 is 0. The molecule has 0 fully saturated rings. The number of rotatable bonds is 1. The third-order valence-corrected chi connectivity index (χ3v) is 2.25. The van der Waals surface area contributed by atoms with Gasteiger partial charge in [-0.25, -0.2) is 0 Å². The number of ether oxygens (including phenoxy) is 1. The van der Waals surface area contributed by atoms with E-state index in [0.29, 0.717) is 0 Å². The van der Waals surface area contributed by atoms with Crippen molar-refractivity contribution in [2.75, 3.05) is 7.11 Å². The predicted molar refractivity (Wildman–Crippen MR) is 50.3 cm³/mol. The maximum Gasteiger partial charge on any atom is 0.122 e. The van der Waals surface area contributed by atoms with Crippen LogP contribution in [0.2, 0.25) is 0 Å². The molecule has 0 aliphatic heterocycles. The first-order chi connectivity index (χ1) is 5.92. The normalized spacial score (nSPS) is 14.1. The maximum atomic E-state index is 5.28. The van der Waals surface area contributed by atoms with E-state index in [1.165, 1.54) is 11.1 Å². The van der Waals surface area contributed by atoms with E-state index in [0.717, 1.165) is 18.6 Å². The number of allylic oxidation sites excluding steroid dienone is 1. The zero-order chi connectivity index (χ0) is 8.39. The van der Waals surface area contributed by atoms with E-state index in [9.17, 15) is 0 Å². The van der Waals surface area contributed by atoms with Crippen LogP contribution < -0.4 is 4.74 Å². The van der Waals surface area contributed by atoms with E-state index in [4.69, 9.17) is 4.74 Å². The van der Waals surface area contributed by atoms with Gasteiger partial charge in [0.05, 0.1) is 7.11 Å². The van der Waals surface area contributed by atoms with E-state index in [-0.39, 0.29) is 0 Å². The molecule has 1 heteroatoms. The van der Waals surface area contributed by atoms with E-state index >= 15 is 0 Å². The van der Waals surface area contributed by atoms with Crippen LogP contribution in [0.4, 0.5) is 0 Å². The van der Waals surface area contributed by atoms with E-state index in [1.54, 1.807) is 7.11 Å². The predicted octanol–water partition coefficient (Wildman–Crippen LogP) is 2.65. The summed E-state index contributed by atoms with van der Waals surface area (Å²) in [6.07, 6.45) is 6.62. The Labute approximate surface area is 72.7 Å². The van der Waals surface area contributed by atoms with Crippen molar-refractivity contribution in [1.82, 2.24) is 0 Å². The third-order valence-electron chi connectivity index (χ3n) is 2.25. The lowest BCUT2D eigenvalue weighted by molar-refractivity contribution is 0.409. The van der Waals surface area contributed by atoms with E-state index in [2.05, 4.69) is 18.2 Å². The van der Waals surface area contributed by atoms with Gasteiger partial charge in [-0.05, 0) is 24.5 Å². The van der Waals surface area contributed by atoms with Crippen molar-refractivity contribution in [3.05, 3.63) is 35.4 Å². The minimum atomic E-state index is 1.02. The Morgan fingerprint density at radius 2 is 2.25 bits per heavy atom. The van der Waals surface area contributed by atoms with Gasteiger partial charge in [-0.3, -0.25) is 0 Å². The SMILES string of the molecule is COc1cccc2c1CCC=C2. The van der Waals surface area contributed by atoms with Crippen molar-refractivity contribution in [2.24, 2.45) is 0 Å². The fraction of sp³-hybridized carbons (Fsp3) is 0.273. The van der Waals surface area contributed by atoms with Crippen LogP contribution in [0.15, 0.2) is 24.3 Å². The van der Waals surface area contributed by atoms with Crippen molar-refractivity contribution in [1.29, 1.82) is 0 Å². The molecule has 2 rings (SSSR count). The number of fused-ring (bicyclic) bond motifs is 1. The van der Waals surface area contributed by atoms with Gasteiger partial charge >= 0.3 is 0 Å². The Morgan fingerprint density at radius 3 is 3.08 bits per heavy atom. The van der Waals surface area contributed by atoms with E-state index in [1.807, 2.05) is 12.1 Å². The van der Waals surface area contributed by atoms with Crippen LogP contribution in [-0.2, 0) is 6.42 Å². The zero-order valence-electron chi connectivity index (χ0n) is 7.21. The Bertz CT molecular complexity index is 313. The average Bonchev–Trinajstić information content (AvgIpc) is 2.17. The first kappa shape index (κ1) is 7.41. The molecule has 0 aromatic heterocycles. The molecule has 12 heavy (non-hydrogen) atoms. The number of hydrogen-bond donors (Lipinski definition) is 0. The van der Waals surface area contributed by atoms with Crippen LogP contribution in [0.1, 0.15) is 17.5 Å². The highest BCUT2D eigenvalue weighted by Gasteiger charge is 2.08. The summed E-state index contributed by atoms with van der Waals surface area (Å²) in [5, 5.41) is 0. The number of benzene rings is 1. The number of methoxy groups -OCH3 is 1. The molecule has 0 bridgehead atoms. The van der Waals surface area contributed by atoms with Gasteiger partial charge in [-0.15, -0.1) is 0 Å². The van der Waals surface area contributed by atoms with Gasteiger partial charge in [-0.1, -0.05) is 24.3 Å². The molecule has 0 unspecified atom stereocenters. The Balaban J connectivity index is 2.53. The van der Waals surface area contributed by atoms with Gasteiger partial charge in [-0.2, -0.15) is 0 Å². The largest absolute Gasteiger partial charge is 0.496 e. The molecule has 0 saturated heterocycles. The van der Waals surface area contributed by atoms with Crippen LogP contribution in [0.3, 0.4) is 0 Å². The Kier molecular flexibility index (Phi) is 1.86. The second kappa shape index (κ2) is 3.02. The standard InChI is InChI=1S/C11H12O/c1-12-11-8-4-6-9-5-2-3-7-10(9)11/h2,4-6,8H,3,7H2,1H3. The van der Waals surface area contributed by atoms with Gasteiger partial charge < -0.3 is 4.74 Å². The molecular formula is C11H12O. The monoisotopic (exact) mass is 160 g/mol. The van der Waals surface area contributed by atoms with Gasteiger partial charge in [0, 0.05) is 5.56 Å². The highest BCUT2D eigenvalue weighted by Crippen LogP contribution is 2.27. The molecule has 0 spiro atoms. The molecule has 0 amide bonds. The molecule has 62 valence electrons. The van der Waals surface area contributed by atoms with Crippen molar-refractivity contribution in [3.8, 4) is 5.75 Å². The Morgan fingerprint density at radius 1 is 1.33 bits per heavy atom. The van der Waals surface area contributed by atoms with E-state index < -0.39 is 0 Å². The zero-order valence-corrected chi connectivity index (χ0v) is 7.21. The summed E-state index contributed by atoms with van der Waals surface area (Å²) < 4.78 is 5.28. The second-order valence-electron chi connectivity index (χ2n) is 2.97. The molecular weight excluding hydrogens is 148 g/mol. The smallest absolute Gasteiger partial charge is 0.122 e. The lowest BCUT2D eigenvalue weighted by atomic mass is 9.97. The van der Waals surface area contributed by atoms with Crippen molar-refractivity contribution in [2.45, 2.75) is 12.8 Å². The van der Waals surface area contributed by atoms with Gasteiger partial charge in [0.25, 0.3) is 0 Å². The molecule has 0 saturated carbocycles. The molecule has 0 heterocycles. The fourth-order valence-electron chi connectivity index (χ4n) is 1.64. The highest BCUT2D eigenvalue weighted by atomic mass is 16.5. The maximum absolute atomic E-state index is 5.28. The van der Waals surface area contributed by atoms with Crippen molar-refractivity contribution < 1.29 is 4.74 Å². The van der Waals surface area contributed by atoms with Crippen LogP contribution in [-0.4, -0.2) is 7.11 Å². The summed E-state index contributed by atoms with van der Waals surface area (Å²) in [5.41, 5.74) is 2.66. The quantitative estimate of drug-likeness (QED) is 0.613. The molecule has 0 radical (unpaired) electrons. The first-order valence-corrected chi connectivity index (χ1v) is 4.24. The molecule has 0 atom stereocenters. The summed E-state index contributed by atoms with van der Waals surface area (Å²) in [6.45, 7) is 0. The number of hydrogen-bond acceptors (Lipinski definition) is 1. The Hall–Kier alpha value is -1.24.